The van der Waals surface area contributed by atoms with Gasteiger partial charge in [-0.05, 0) is 12.3 Å². The van der Waals surface area contributed by atoms with Crippen LogP contribution >= 0.6 is 0 Å². The number of benzene rings is 1. The minimum absolute atomic E-state index is 0.159. The normalized spacial score (nSPS) is 11.7. The highest BCUT2D eigenvalue weighted by Gasteiger charge is 2.20. The first-order valence-corrected chi connectivity index (χ1v) is 6.58. The van der Waals surface area contributed by atoms with E-state index in [1.807, 2.05) is 31.2 Å². The van der Waals surface area contributed by atoms with Crippen molar-refractivity contribution in [3.05, 3.63) is 36.0 Å². The Morgan fingerprint density at radius 1 is 1.48 bits per heavy atom. The molecule has 0 radical (unpaired) electrons. The molecule has 1 aromatic heterocycles. The van der Waals surface area contributed by atoms with E-state index in [1.54, 1.807) is 11.9 Å². The van der Waals surface area contributed by atoms with E-state index in [9.17, 15) is 4.79 Å². The first-order valence-electron chi connectivity index (χ1n) is 6.58. The summed E-state index contributed by atoms with van der Waals surface area (Å²) in [6, 6.07) is 9.35. The fourth-order valence-corrected chi connectivity index (χ4v) is 2.14. The molecule has 0 saturated carbocycles. The van der Waals surface area contributed by atoms with Crippen LogP contribution in [0.25, 0.3) is 10.8 Å². The molecule has 6 heteroatoms. The van der Waals surface area contributed by atoms with Crippen LogP contribution in [0.5, 0.6) is 0 Å². The molecule has 108 valence electrons. The molecule has 0 aliphatic rings. The number of hydrogen-bond donors (Lipinski definition) is 2. The van der Waals surface area contributed by atoms with Crippen LogP contribution in [0.1, 0.15) is 23.7 Å². The van der Waals surface area contributed by atoms with Gasteiger partial charge < -0.3 is 10.3 Å². The number of aromatic nitrogens is 1. The van der Waals surface area contributed by atoms with Crippen LogP contribution in [-0.4, -0.2) is 28.9 Å². The first kappa shape index (κ1) is 14.8. The number of hydrazine groups is 1. The second-order valence-corrected chi connectivity index (χ2v) is 4.84. The predicted octanol–water partition coefficient (Wildman–Crippen LogP) is 1.89. The van der Waals surface area contributed by atoms with Crippen molar-refractivity contribution < 1.29 is 4.79 Å². The van der Waals surface area contributed by atoms with Gasteiger partial charge in [0.05, 0.1) is 18.1 Å². The van der Waals surface area contributed by atoms with Crippen molar-refractivity contribution in [2.24, 2.45) is 5.84 Å². The molecule has 0 aliphatic carbocycles. The van der Waals surface area contributed by atoms with Gasteiger partial charge in [0.2, 0.25) is 0 Å². The standard InChI is InChI=1S/C15H17N5O/c1-10(7-8-16)20(2)15(21)13-9-18-14(19-17)12-6-4-3-5-11(12)13/h3-6,9-10H,7,17H2,1-2H3,(H,18,19). The lowest BCUT2D eigenvalue weighted by Gasteiger charge is -2.23. The molecule has 1 aromatic carbocycles. The quantitative estimate of drug-likeness (QED) is 0.660. The SMILES string of the molecule is CC(CC#N)N(C)C(=O)c1cnc(NN)c2ccccc12. The highest BCUT2D eigenvalue weighted by Crippen LogP contribution is 2.25. The summed E-state index contributed by atoms with van der Waals surface area (Å²) in [5.74, 6) is 5.81. The van der Waals surface area contributed by atoms with Gasteiger partial charge in [-0.2, -0.15) is 5.26 Å². The second-order valence-electron chi connectivity index (χ2n) is 4.84. The third-order valence-electron chi connectivity index (χ3n) is 3.53. The molecule has 0 fully saturated rings. The maximum atomic E-state index is 12.6. The molecule has 2 aromatic rings. The Balaban J connectivity index is 2.48. The topological polar surface area (TPSA) is 95.0 Å². The van der Waals surface area contributed by atoms with E-state index >= 15 is 0 Å². The summed E-state index contributed by atoms with van der Waals surface area (Å²) in [6.07, 6.45) is 1.80. The van der Waals surface area contributed by atoms with Gasteiger partial charge >= 0.3 is 0 Å². The lowest BCUT2D eigenvalue weighted by molar-refractivity contribution is 0.0748. The summed E-state index contributed by atoms with van der Waals surface area (Å²) >= 11 is 0. The molecule has 0 bridgehead atoms. The smallest absolute Gasteiger partial charge is 0.256 e. The minimum atomic E-state index is -0.162. The molecule has 2 rings (SSSR count). The number of carbonyl (C=O) groups is 1. The van der Waals surface area contributed by atoms with E-state index in [4.69, 9.17) is 11.1 Å². The van der Waals surface area contributed by atoms with Crippen molar-refractivity contribution in [1.82, 2.24) is 9.88 Å². The highest BCUT2D eigenvalue weighted by molar-refractivity contribution is 6.09. The van der Waals surface area contributed by atoms with Crippen molar-refractivity contribution in [3.63, 3.8) is 0 Å². The number of rotatable bonds is 4. The van der Waals surface area contributed by atoms with Crippen LogP contribution in [0.15, 0.2) is 30.5 Å². The Kier molecular flexibility index (Phi) is 4.36. The van der Waals surface area contributed by atoms with Crippen molar-refractivity contribution in [3.8, 4) is 6.07 Å². The van der Waals surface area contributed by atoms with Crippen molar-refractivity contribution in [1.29, 1.82) is 5.26 Å². The molecule has 1 heterocycles. The number of nitrogen functional groups attached to an aromatic ring is 1. The van der Waals surface area contributed by atoms with Crippen LogP contribution in [0.4, 0.5) is 5.82 Å². The second kappa shape index (κ2) is 6.20. The number of hydrogen-bond acceptors (Lipinski definition) is 5. The molecule has 3 N–H and O–H groups in total. The van der Waals surface area contributed by atoms with Gasteiger partial charge in [-0.1, -0.05) is 24.3 Å². The summed E-state index contributed by atoms with van der Waals surface area (Å²) in [5, 5.41) is 10.3. The Morgan fingerprint density at radius 2 is 2.14 bits per heavy atom. The zero-order chi connectivity index (χ0) is 15.4. The molecule has 0 aliphatic heterocycles. The summed E-state index contributed by atoms with van der Waals surface area (Å²) in [6.45, 7) is 1.84. The van der Waals surface area contributed by atoms with Crippen LogP contribution in [0.2, 0.25) is 0 Å². The van der Waals surface area contributed by atoms with Gasteiger partial charge in [0.15, 0.2) is 0 Å². The minimum Gasteiger partial charge on any atom is -0.338 e. The summed E-state index contributed by atoms with van der Waals surface area (Å²) < 4.78 is 0. The maximum absolute atomic E-state index is 12.6. The lowest BCUT2D eigenvalue weighted by atomic mass is 10.1. The van der Waals surface area contributed by atoms with E-state index in [0.717, 1.165) is 10.8 Å². The number of anilines is 1. The third-order valence-corrected chi connectivity index (χ3v) is 3.53. The zero-order valence-electron chi connectivity index (χ0n) is 12.0. The largest absolute Gasteiger partial charge is 0.338 e. The lowest BCUT2D eigenvalue weighted by Crippen LogP contribution is -2.35. The van der Waals surface area contributed by atoms with E-state index in [2.05, 4.69) is 16.5 Å². The van der Waals surface area contributed by atoms with Gasteiger partial charge in [0, 0.05) is 24.7 Å². The van der Waals surface area contributed by atoms with Gasteiger partial charge in [0.25, 0.3) is 5.91 Å². The van der Waals surface area contributed by atoms with E-state index in [0.29, 0.717) is 11.4 Å². The highest BCUT2D eigenvalue weighted by atomic mass is 16.2. The zero-order valence-corrected chi connectivity index (χ0v) is 12.0. The number of pyridine rings is 1. The fraction of sp³-hybridized carbons (Fsp3) is 0.267. The fourth-order valence-electron chi connectivity index (χ4n) is 2.14. The molecule has 0 spiro atoms. The molecule has 1 amide bonds. The average molecular weight is 283 g/mol. The monoisotopic (exact) mass is 283 g/mol. The first-order chi connectivity index (χ1) is 10.1. The Hall–Kier alpha value is -2.65. The predicted molar refractivity (Wildman–Crippen MR) is 81.3 cm³/mol. The molecular formula is C15H17N5O. The van der Waals surface area contributed by atoms with E-state index < -0.39 is 0 Å². The summed E-state index contributed by atoms with van der Waals surface area (Å²) in [5.41, 5.74) is 3.03. The van der Waals surface area contributed by atoms with Gasteiger partial charge in [-0.15, -0.1) is 0 Å². The third kappa shape index (κ3) is 2.78. The Bertz CT molecular complexity index is 707. The average Bonchev–Trinajstić information content (AvgIpc) is 2.52. The Labute approximate surface area is 123 Å². The summed E-state index contributed by atoms with van der Waals surface area (Å²) in [4.78, 5) is 18.3. The van der Waals surface area contributed by atoms with Gasteiger partial charge in [0.1, 0.15) is 5.82 Å². The van der Waals surface area contributed by atoms with Crippen molar-refractivity contribution >= 4 is 22.5 Å². The van der Waals surface area contributed by atoms with Crippen molar-refractivity contribution in [2.75, 3.05) is 12.5 Å². The number of nitrogens with zero attached hydrogens (tertiary/aromatic N) is 3. The number of carbonyl (C=O) groups excluding carboxylic acids is 1. The maximum Gasteiger partial charge on any atom is 0.256 e. The number of nitrogens with two attached hydrogens (primary N) is 1. The number of nitrogens with one attached hydrogen (secondary N) is 1. The molecule has 0 saturated heterocycles. The van der Waals surface area contributed by atoms with Gasteiger partial charge in [-0.3, -0.25) is 4.79 Å². The molecule has 1 atom stereocenters. The van der Waals surface area contributed by atoms with E-state index in [1.165, 1.54) is 6.20 Å². The number of nitriles is 1. The summed E-state index contributed by atoms with van der Waals surface area (Å²) in [7, 11) is 1.69. The van der Waals surface area contributed by atoms with Crippen molar-refractivity contribution in [2.45, 2.75) is 19.4 Å². The molecule has 6 nitrogen and oxygen atoms in total. The number of fused-ring (bicyclic) bond motifs is 1. The Morgan fingerprint density at radius 3 is 2.76 bits per heavy atom. The van der Waals surface area contributed by atoms with Gasteiger partial charge in [-0.25, -0.2) is 10.8 Å². The van der Waals surface area contributed by atoms with Crippen LogP contribution < -0.4 is 11.3 Å². The molecular weight excluding hydrogens is 266 g/mol. The molecule has 21 heavy (non-hydrogen) atoms. The number of amides is 1. The molecule has 1 unspecified atom stereocenters. The van der Waals surface area contributed by atoms with Crippen LogP contribution in [-0.2, 0) is 0 Å². The van der Waals surface area contributed by atoms with E-state index in [-0.39, 0.29) is 18.4 Å². The van der Waals surface area contributed by atoms with Crippen LogP contribution in [0, 0.1) is 11.3 Å². The van der Waals surface area contributed by atoms with Crippen LogP contribution in [0.3, 0.4) is 0 Å².